The lowest BCUT2D eigenvalue weighted by molar-refractivity contribution is -0.142. The van der Waals surface area contributed by atoms with E-state index >= 15 is 0 Å². The zero-order valence-corrected chi connectivity index (χ0v) is 11.5. The van der Waals surface area contributed by atoms with Crippen molar-refractivity contribution < 1.29 is 14.2 Å². The Morgan fingerprint density at radius 1 is 1.18 bits per heavy atom. The van der Waals surface area contributed by atoms with E-state index in [-0.39, 0.29) is 6.29 Å². The van der Waals surface area contributed by atoms with Crippen LogP contribution in [0.2, 0.25) is 0 Å². The highest BCUT2D eigenvalue weighted by atomic mass is 16.7. The third-order valence-electron chi connectivity index (χ3n) is 3.24. The fourth-order valence-corrected chi connectivity index (χ4v) is 2.20. The third kappa shape index (κ3) is 5.82. The Morgan fingerprint density at radius 3 is 2.29 bits per heavy atom. The number of nitrogens with zero attached hydrogens (tertiary/aromatic N) is 1. The molecule has 0 spiro atoms. The highest BCUT2D eigenvalue weighted by molar-refractivity contribution is 4.72. The molecule has 1 aliphatic heterocycles. The van der Waals surface area contributed by atoms with E-state index in [1.165, 1.54) is 0 Å². The molecular weight excluding hydrogens is 218 g/mol. The summed E-state index contributed by atoms with van der Waals surface area (Å²) in [5.74, 6) is 0. The minimum Gasteiger partial charge on any atom is -0.381 e. The van der Waals surface area contributed by atoms with E-state index < -0.39 is 0 Å². The summed E-state index contributed by atoms with van der Waals surface area (Å²) in [6, 6.07) is 0.660. The average molecular weight is 245 g/mol. The van der Waals surface area contributed by atoms with Gasteiger partial charge < -0.3 is 19.1 Å². The first kappa shape index (κ1) is 14.9. The predicted octanol–water partition coefficient (Wildman–Crippen LogP) is 1.89. The van der Waals surface area contributed by atoms with Crippen molar-refractivity contribution in [3.8, 4) is 0 Å². The van der Waals surface area contributed by atoms with Gasteiger partial charge in [-0.1, -0.05) is 0 Å². The van der Waals surface area contributed by atoms with Crippen molar-refractivity contribution in [2.24, 2.45) is 0 Å². The topological polar surface area (TPSA) is 30.9 Å². The van der Waals surface area contributed by atoms with Crippen LogP contribution in [0.3, 0.4) is 0 Å². The molecule has 1 saturated heterocycles. The van der Waals surface area contributed by atoms with Gasteiger partial charge in [-0.3, -0.25) is 0 Å². The van der Waals surface area contributed by atoms with Gasteiger partial charge in [-0.25, -0.2) is 0 Å². The van der Waals surface area contributed by atoms with E-state index in [0.717, 1.165) is 39.0 Å². The van der Waals surface area contributed by atoms with Gasteiger partial charge in [-0.05, 0) is 33.7 Å². The SMILES string of the molecule is CCOC(CCN(C)C1CCOCC1)OCC. The minimum absolute atomic E-state index is 0.0488. The Hall–Kier alpha value is -0.160. The highest BCUT2D eigenvalue weighted by Gasteiger charge is 2.19. The Bertz CT molecular complexity index is 178. The average Bonchev–Trinajstić information content (AvgIpc) is 2.37. The predicted molar refractivity (Wildman–Crippen MR) is 68.1 cm³/mol. The molecule has 0 aromatic carbocycles. The van der Waals surface area contributed by atoms with Crippen LogP contribution in [-0.4, -0.2) is 57.3 Å². The van der Waals surface area contributed by atoms with Crippen LogP contribution in [0.1, 0.15) is 33.1 Å². The summed E-state index contributed by atoms with van der Waals surface area (Å²) in [5, 5.41) is 0. The fraction of sp³-hybridized carbons (Fsp3) is 1.00. The molecule has 0 aliphatic carbocycles. The second kappa shape index (κ2) is 8.86. The van der Waals surface area contributed by atoms with Gasteiger partial charge in [-0.2, -0.15) is 0 Å². The largest absolute Gasteiger partial charge is 0.381 e. The molecule has 102 valence electrons. The lowest BCUT2D eigenvalue weighted by Gasteiger charge is -2.32. The molecule has 1 fully saturated rings. The normalized spacial score (nSPS) is 18.2. The highest BCUT2D eigenvalue weighted by Crippen LogP contribution is 2.14. The van der Waals surface area contributed by atoms with Crippen LogP contribution in [0.5, 0.6) is 0 Å². The van der Waals surface area contributed by atoms with Gasteiger partial charge in [0, 0.05) is 45.4 Å². The maximum atomic E-state index is 5.55. The second-order valence-corrected chi connectivity index (χ2v) is 4.45. The summed E-state index contributed by atoms with van der Waals surface area (Å²) in [4.78, 5) is 2.41. The Labute approximate surface area is 105 Å². The molecule has 0 aromatic rings. The van der Waals surface area contributed by atoms with Gasteiger partial charge in [0.15, 0.2) is 6.29 Å². The molecule has 1 aliphatic rings. The van der Waals surface area contributed by atoms with Gasteiger partial charge in [-0.15, -0.1) is 0 Å². The molecule has 4 heteroatoms. The molecular formula is C13H27NO3. The molecule has 0 N–H and O–H groups in total. The van der Waals surface area contributed by atoms with Crippen LogP contribution in [0.4, 0.5) is 0 Å². The van der Waals surface area contributed by atoms with E-state index in [2.05, 4.69) is 11.9 Å². The van der Waals surface area contributed by atoms with E-state index in [1.54, 1.807) is 0 Å². The quantitative estimate of drug-likeness (QED) is 0.611. The van der Waals surface area contributed by atoms with E-state index in [9.17, 15) is 0 Å². The molecule has 4 nitrogen and oxygen atoms in total. The maximum Gasteiger partial charge on any atom is 0.158 e. The van der Waals surface area contributed by atoms with Gasteiger partial charge in [0.25, 0.3) is 0 Å². The van der Waals surface area contributed by atoms with Crippen molar-refractivity contribution in [1.82, 2.24) is 4.90 Å². The van der Waals surface area contributed by atoms with E-state index in [1.807, 2.05) is 13.8 Å². The van der Waals surface area contributed by atoms with Crippen molar-refractivity contribution in [2.75, 3.05) is 40.0 Å². The Morgan fingerprint density at radius 2 is 1.76 bits per heavy atom. The zero-order valence-electron chi connectivity index (χ0n) is 11.5. The van der Waals surface area contributed by atoms with Gasteiger partial charge in [0.1, 0.15) is 0 Å². The molecule has 0 aromatic heterocycles. The van der Waals surface area contributed by atoms with Crippen molar-refractivity contribution >= 4 is 0 Å². The monoisotopic (exact) mass is 245 g/mol. The standard InChI is InChI=1S/C13H27NO3/c1-4-16-13(17-5-2)6-9-14(3)12-7-10-15-11-8-12/h12-13H,4-11H2,1-3H3. The third-order valence-corrected chi connectivity index (χ3v) is 3.24. The van der Waals surface area contributed by atoms with Gasteiger partial charge >= 0.3 is 0 Å². The van der Waals surface area contributed by atoms with Crippen LogP contribution < -0.4 is 0 Å². The molecule has 17 heavy (non-hydrogen) atoms. The molecule has 0 bridgehead atoms. The fourth-order valence-electron chi connectivity index (χ4n) is 2.20. The van der Waals surface area contributed by atoms with Crippen LogP contribution in [0.15, 0.2) is 0 Å². The van der Waals surface area contributed by atoms with Crippen LogP contribution >= 0.6 is 0 Å². The molecule has 1 heterocycles. The molecule has 1 rings (SSSR count). The Balaban J connectivity index is 2.21. The smallest absolute Gasteiger partial charge is 0.158 e. The van der Waals surface area contributed by atoms with Crippen molar-refractivity contribution in [3.05, 3.63) is 0 Å². The molecule has 0 amide bonds. The summed E-state index contributed by atoms with van der Waals surface area (Å²) in [6.07, 6.45) is 3.18. The van der Waals surface area contributed by atoms with Crippen molar-refractivity contribution in [1.29, 1.82) is 0 Å². The number of hydrogen-bond acceptors (Lipinski definition) is 4. The van der Waals surface area contributed by atoms with Crippen LogP contribution in [0.25, 0.3) is 0 Å². The summed E-state index contributed by atoms with van der Waals surface area (Å²) in [5.41, 5.74) is 0. The van der Waals surface area contributed by atoms with Crippen LogP contribution in [-0.2, 0) is 14.2 Å². The summed E-state index contributed by atoms with van der Waals surface area (Å²) in [7, 11) is 2.19. The van der Waals surface area contributed by atoms with Gasteiger partial charge in [0.2, 0.25) is 0 Å². The number of ether oxygens (including phenoxy) is 3. The van der Waals surface area contributed by atoms with Gasteiger partial charge in [0.05, 0.1) is 0 Å². The van der Waals surface area contributed by atoms with Crippen molar-refractivity contribution in [3.63, 3.8) is 0 Å². The van der Waals surface area contributed by atoms with E-state index in [4.69, 9.17) is 14.2 Å². The summed E-state index contributed by atoms with van der Waals surface area (Å²) in [6.45, 7) is 8.26. The molecule has 0 atom stereocenters. The van der Waals surface area contributed by atoms with Crippen molar-refractivity contribution in [2.45, 2.75) is 45.4 Å². The summed E-state index contributed by atoms with van der Waals surface area (Å²) < 4.78 is 16.5. The summed E-state index contributed by atoms with van der Waals surface area (Å²) >= 11 is 0. The lowest BCUT2D eigenvalue weighted by Crippen LogP contribution is -2.38. The first-order valence-electron chi connectivity index (χ1n) is 6.79. The first-order chi connectivity index (χ1) is 8.27. The van der Waals surface area contributed by atoms with Crippen LogP contribution in [0, 0.1) is 0 Å². The minimum atomic E-state index is -0.0488. The first-order valence-corrected chi connectivity index (χ1v) is 6.79. The zero-order chi connectivity index (χ0) is 12.5. The molecule has 0 unspecified atom stereocenters. The maximum absolute atomic E-state index is 5.55. The molecule has 0 saturated carbocycles. The second-order valence-electron chi connectivity index (χ2n) is 4.45. The van der Waals surface area contributed by atoms with E-state index in [0.29, 0.717) is 19.3 Å². The number of rotatable bonds is 8. The Kier molecular flexibility index (Phi) is 7.77. The molecule has 0 radical (unpaired) electrons. The lowest BCUT2D eigenvalue weighted by atomic mass is 10.1. The number of hydrogen-bond donors (Lipinski definition) is 0.